The second-order valence-corrected chi connectivity index (χ2v) is 8.97. The molecule has 1 aromatic carbocycles. The molecule has 4 atom stereocenters. The molecule has 1 saturated carbocycles. The number of aromatic amines is 1. The number of ether oxygens (including phenoxy) is 3. The zero-order valence-electron chi connectivity index (χ0n) is 16.6. The van der Waals surface area contributed by atoms with Crippen LogP contribution in [0.15, 0.2) is 30.3 Å². The fourth-order valence-corrected chi connectivity index (χ4v) is 4.77. The van der Waals surface area contributed by atoms with Crippen molar-refractivity contribution in [3.63, 3.8) is 0 Å². The van der Waals surface area contributed by atoms with Gasteiger partial charge in [-0.15, -0.1) is 0 Å². The Morgan fingerprint density at radius 2 is 1.90 bits per heavy atom. The van der Waals surface area contributed by atoms with E-state index in [1.165, 1.54) is 0 Å². The van der Waals surface area contributed by atoms with Gasteiger partial charge >= 0.3 is 0 Å². The molecule has 8 nitrogen and oxygen atoms in total. The Bertz CT molecular complexity index is 1130. The predicted octanol–water partition coefficient (Wildman–Crippen LogP) is 2.21. The van der Waals surface area contributed by atoms with E-state index in [2.05, 4.69) is 15.0 Å². The highest BCUT2D eigenvalue weighted by atomic mass is 35.5. The number of benzene rings is 1. The molecule has 2 aromatic heterocycles. The van der Waals surface area contributed by atoms with Crippen molar-refractivity contribution in [2.45, 2.75) is 42.7 Å². The summed E-state index contributed by atoms with van der Waals surface area (Å²) < 4.78 is 17.1. The monoisotopic (exact) mass is 443 g/mol. The molecule has 3 fully saturated rings. The summed E-state index contributed by atoms with van der Waals surface area (Å²) in [6.45, 7) is 0.740. The first-order chi connectivity index (χ1) is 15.1. The van der Waals surface area contributed by atoms with E-state index >= 15 is 0 Å². The molecule has 3 aromatic rings. The first kappa shape index (κ1) is 19.5. The lowest BCUT2D eigenvalue weighted by Gasteiger charge is -2.15. The summed E-state index contributed by atoms with van der Waals surface area (Å²) in [5.41, 5.74) is 3.75. The third-order valence-electron chi connectivity index (χ3n) is 6.58. The van der Waals surface area contributed by atoms with Crippen molar-refractivity contribution >= 4 is 22.8 Å². The number of rotatable bonds is 5. The van der Waals surface area contributed by atoms with Gasteiger partial charge in [0.1, 0.15) is 18.3 Å². The summed E-state index contributed by atoms with van der Waals surface area (Å²) in [4.78, 5) is 12.2. The number of hydrogen-bond donors (Lipinski definition) is 3. The smallest absolute Gasteiger partial charge is 0.296 e. The molecule has 2 aliphatic heterocycles. The van der Waals surface area contributed by atoms with Crippen LogP contribution in [0.5, 0.6) is 6.01 Å². The average Bonchev–Trinajstić information content (AvgIpc) is 3.12. The largest absolute Gasteiger partial charge is 0.456 e. The Morgan fingerprint density at radius 3 is 2.65 bits per heavy atom. The maximum absolute atomic E-state index is 9.88. The molecule has 3 N–H and O–H groups in total. The summed E-state index contributed by atoms with van der Waals surface area (Å²) in [6.07, 6.45) is 0.366. The van der Waals surface area contributed by atoms with Crippen molar-refractivity contribution in [1.29, 1.82) is 0 Å². The summed E-state index contributed by atoms with van der Waals surface area (Å²) in [6, 6.07) is 10.1. The third-order valence-corrected chi connectivity index (χ3v) is 6.86. The lowest BCUT2D eigenvalue weighted by Crippen LogP contribution is -2.34. The molecule has 3 aliphatic rings. The number of fused-ring (bicyclic) bond motifs is 2. The van der Waals surface area contributed by atoms with Crippen LogP contribution in [0.1, 0.15) is 18.4 Å². The number of hydrogen-bond acceptors (Lipinski definition) is 7. The molecule has 0 bridgehead atoms. The molecule has 4 heterocycles. The molecule has 0 radical (unpaired) electrons. The lowest BCUT2D eigenvalue weighted by molar-refractivity contribution is 0.00706. The first-order valence-electron chi connectivity index (χ1n) is 10.4. The Kier molecular flexibility index (Phi) is 4.49. The van der Waals surface area contributed by atoms with E-state index in [1.807, 2.05) is 24.3 Å². The molecular weight excluding hydrogens is 422 g/mol. The van der Waals surface area contributed by atoms with Crippen LogP contribution in [0.4, 0.5) is 0 Å². The molecule has 31 heavy (non-hydrogen) atoms. The summed E-state index contributed by atoms with van der Waals surface area (Å²) in [5, 5.41) is 20.0. The number of aromatic nitrogens is 3. The van der Waals surface area contributed by atoms with Crippen molar-refractivity contribution in [2.75, 3.05) is 19.8 Å². The number of aliphatic hydroxyl groups is 2. The highest BCUT2D eigenvalue weighted by Gasteiger charge is 2.48. The standard InChI is InChI=1S/C22H22ClN3O5/c23-13-7-14-20(25-17(13)11-1-3-12(4-2-11)22(10-27)5-6-22)26-21(24-14)31-16-9-30-18-15(28)8-29-19(16)18/h1-4,7,15-16,18-19,27-28H,5-6,8-10H2,(H,24,25,26)/t15?,16?,18-,19-/m1/s1. The maximum Gasteiger partial charge on any atom is 0.296 e. The van der Waals surface area contributed by atoms with E-state index in [0.717, 1.165) is 24.0 Å². The minimum Gasteiger partial charge on any atom is -0.456 e. The minimum atomic E-state index is -0.629. The van der Waals surface area contributed by atoms with Crippen molar-refractivity contribution in [2.24, 2.45) is 0 Å². The fourth-order valence-electron chi connectivity index (χ4n) is 4.51. The van der Waals surface area contributed by atoms with E-state index < -0.39 is 6.10 Å². The van der Waals surface area contributed by atoms with Gasteiger partial charge in [0.25, 0.3) is 6.01 Å². The van der Waals surface area contributed by atoms with Crippen LogP contribution < -0.4 is 4.74 Å². The number of pyridine rings is 1. The third kappa shape index (κ3) is 3.21. The molecule has 2 saturated heterocycles. The summed E-state index contributed by atoms with van der Waals surface area (Å²) in [5.74, 6) is 0. The highest BCUT2D eigenvalue weighted by Crippen LogP contribution is 2.48. The minimum absolute atomic E-state index is 0.0732. The van der Waals surface area contributed by atoms with E-state index in [9.17, 15) is 10.2 Å². The Hall–Kier alpha value is -2.23. The van der Waals surface area contributed by atoms with Gasteiger partial charge in [-0.25, -0.2) is 4.98 Å². The van der Waals surface area contributed by atoms with Gasteiger partial charge in [-0.2, -0.15) is 4.98 Å². The van der Waals surface area contributed by atoms with Crippen molar-refractivity contribution < 1.29 is 24.4 Å². The van der Waals surface area contributed by atoms with Crippen LogP contribution in [0, 0.1) is 0 Å². The molecule has 0 amide bonds. The first-order valence-corrected chi connectivity index (χ1v) is 10.8. The zero-order chi connectivity index (χ0) is 21.2. The van der Waals surface area contributed by atoms with Crippen molar-refractivity contribution in [3.05, 3.63) is 40.9 Å². The average molecular weight is 444 g/mol. The van der Waals surface area contributed by atoms with Crippen LogP contribution in [0.3, 0.4) is 0 Å². The van der Waals surface area contributed by atoms with Crippen molar-refractivity contribution in [1.82, 2.24) is 15.0 Å². The number of halogens is 1. The summed E-state index contributed by atoms with van der Waals surface area (Å²) in [7, 11) is 0. The lowest BCUT2D eigenvalue weighted by atomic mass is 9.95. The van der Waals surface area contributed by atoms with Gasteiger partial charge in [0.2, 0.25) is 0 Å². The fraction of sp³-hybridized carbons (Fsp3) is 0.455. The van der Waals surface area contributed by atoms with Crippen LogP contribution in [0.25, 0.3) is 22.4 Å². The molecule has 0 spiro atoms. The van der Waals surface area contributed by atoms with Gasteiger partial charge in [-0.05, 0) is 24.5 Å². The Balaban J connectivity index is 1.26. The topological polar surface area (TPSA) is 110 Å². The molecular formula is C22H22ClN3O5. The van der Waals surface area contributed by atoms with E-state index in [4.69, 9.17) is 25.8 Å². The Labute approximate surface area is 183 Å². The SMILES string of the molecule is OCC1(c2ccc(-c3nc4nc(OC5CO[C@@H]6C(O)CO[C@H]56)[nH]c4cc3Cl)cc2)CC1. The van der Waals surface area contributed by atoms with Crippen molar-refractivity contribution in [3.8, 4) is 17.3 Å². The second kappa shape index (κ2) is 7.15. The van der Waals surface area contributed by atoms with Gasteiger partial charge in [0.05, 0.1) is 36.1 Å². The Morgan fingerprint density at radius 1 is 1.13 bits per heavy atom. The molecule has 1 aliphatic carbocycles. The number of nitrogens with zero attached hydrogens (tertiary/aromatic N) is 2. The molecule has 6 rings (SSSR count). The summed E-state index contributed by atoms with van der Waals surface area (Å²) >= 11 is 6.52. The van der Waals surface area contributed by atoms with Gasteiger partial charge < -0.3 is 29.4 Å². The molecule has 2 unspecified atom stereocenters. The zero-order valence-corrected chi connectivity index (χ0v) is 17.4. The normalized spacial score (nSPS) is 28.7. The van der Waals surface area contributed by atoms with Crippen LogP contribution in [-0.2, 0) is 14.9 Å². The quantitative estimate of drug-likeness (QED) is 0.554. The highest BCUT2D eigenvalue weighted by molar-refractivity contribution is 6.33. The number of nitrogens with one attached hydrogen (secondary N) is 1. The van der Waals surface area contributed by atoms with E-state index in [0.29, 0.717) is 34.5 Å². The number of aliphatic hydroxyl groups excluding tert-OH is 2. The van der Waals surface area contributed by atoms with Crippen LogP contribution in [-0.4, -0.2) is 69.4 Å². The van der Waals surface area contributed by atoms with Gasteiger partial charge in [0.15, 0.2) is 11.8 Å². The second-order valence-electron chi connectivity index (χ2n) is 8.57. The van der Waals surface area contributed by atoms with E-state index in [1.54, 1.807) is 6.07 Å². The maximum atomic E-state index is 9.88. The predicted molar refractivity (Wildman–Crippen MR) is 112 cm³/mol. The van der Waals surface area contributed by atoms with Crippen LogP contribution in [0.2, 0.25) is 5.02 Å². The van der Waals surface area contributed by atoms with Gasteiger partial charge in [0, 0.05) is 11.0 Å². The molecule has 9 heteroatoms. The van der Waals surface area contributed by atoms with Gasteiger partial charge in [-0.3, -0.25) is 0 Å². The van der Waals surface area contributed by atoms with E-state index in [-0.39, 0.29) is 36.9 Å². The number of H-pyrrole nitrogens is 1. The van der Waals surface area contributed by atoms with Crippen LogP contribution >= 0.6 is 11.6 Å². The van der Waals surface area contributed by atoms with Gasteiger partial charge in [-0.1, -0.05) is 35.9 Å². The molecule has 162 valence electrons. The number of imidazole rings is 1.